The Morgan fingerprint density at radius 2 is 2.00 bits per heavy atom. The third-order valence-corrected chi connectivity index (χ3v) is 3.25. The molecule has 0 saturated carbocycles. The van der Waals surface area contributed by atoms with Gasteiger partial charge in [-0.15, -0.1) is 11.8 Å². The Morgan fingerprint density at radius 1 is 1.29 bits per heavy atom. The Balaban J connectivity index is 2.51. The van der Waals surface area contributed by atoms with E-state index >= 15 is 0 Å². The van der Waals surface area contributed by atoms with Gasteiger partial charge < -0.3 is 10.4 Å². The molecule has 1 amide bonds. The van der Waals surface area contributed by atoms with Crippen LogP contribution in [0, 0.1) is 13.8 Å². The Bertz CT molecular complexity index is 432. The number of benzene rings is 1. The SMILES string of the molecule is Cc1cccc(NC(=O)CSCC(=O)O)c1C. The van der Waals surface area contributed by atoms with Gasteiger partial charge in [-0.1, -0.05) is 12.1 Å². The maximum atomic E-state index is 11.5. The number of carbonyl (C=O) groups is 2. The van der Waals surface area contributed by atoms with Crippen molar-refractivity contribution in [2.45, 2.75) is 13.8 Å². The number of amides is 1. The van der Waals surface area contributed by atoms with Crippen molar-refractivity contribution < 1.29 is 14.7 Å². The minimum Gasteiger partial charge on any atom is -0.481 e. The molecule has 0 bridgehead atoms. The van der Waals surface area contributed by atoms with E-state index < -0.39 is 5.97 Å². The number of aliphatic carboxylic acids is 1. The third kappa shape index (κ3) is 4.48. The van der Waals surface area contributed by atoms with Crippen LogP contribution in [0.25, 0.3) is 0 Å². The summed E-state index contributed by atoms with van der Waals surface area (Å²) in [6.45, 7) is 3.92. The topological polar surface area (TPSA) is 66.4 Å². The molecular weight excluding hydrogens is 238 g/mol. The van der Waals surface area contributed by atoms with Gasteiger partial charge in [0.1, 0.15) is 0 Å². The normalized spacial score (nSPS) is 10.0. The zero-order valence-corrected chi connectivity index (χ0v) is 10.6. The average Bonchev–Trinajstić information content (AvgIpc) is 2.24. The highest BCUT2D eigenvalue weighted by atomic mass is 32.2. The molecule has 0 aliphatic rings. The van der Waals surface area contributed by atoms with E-state index in [2.05, 4.69) is 5.32 Å². The summed E-state index contributed by atoms with van der Waals surface area (Å²) in [6.07, 6.45) is 0. The maximum absolute atomic E-state index is 11.5. The molecule has 0 saturated heterocycles. The summed E-state index contributed by atoms with van der Waals surface area (Å²) >= 11 is 1.09. The van der Waals surface area contributed by atoms with Gasteiger partial charge in [-0.05, 0) is 31.0 Å². The Morgan fingerprint density at radius 3 is 2.65 bits per heavy atom. The van der Waals surface area contributed by atoms with Gasteiger partial charge in [-0.2, -0.15) is 0 Å². The quantitative estimate of drug-likeness (QED) is 0.843. The minimum atomic E-state index is -0.908. The standard InChI is InChI=1S/C12H15NO3S/c1-8-4-3-5-10(9(8)2)13-11(14)6-17-7-12(15)16/h3-5H,6-7H2,1-2H3,(H,13,14)(H,15,16). The van der Waals surface area contributed by atoms with E-state index in [1.165, 1.54) is 0 Å². The summed E-state index contributed by atoms with van der Waals surface area (Å²) < 4.78 is 0. The molecule has 0 radical (unpaired) electrons. The molecule has 0 fully saturated rings. The summed E-state index contributed by atoms with van der Waals surface area (Å²) in [5.41, 5.74) is 2.93. The summed E-state index contributed by atoms with van der Waals surface area (Å²) in [5.74, 6) is -0.987. The van der Waals surface area contributed by atoms with Crippen LogP contribution in [0.3, 0.4) is 0 Å². The lowest BCUT2D eigenvalue weighted by atomic mass is 10.1. The van der Waals surface area contributed by atoms with Crippen molar-refractivity contribution in [1.82, 2.24) is 0 Å². The molecule has 0 spiro atoms. The molecule has 2 N–H and O–H groups in total. The number of carboxylic acids is 1. The fourth-order valence-electron chi connectivity index (χ4n) is 1.30. The van der Waals surface area contributed by atoms with Gasteiger partial charge in [0.05, 0.1) is 11.5 Å². The van der Waals surface area contributed by atoms with E-state index in [9.17, 15) is 9.59 Å². The first-order valence-corrected chi connectivity index (χ1v) is 6.32. The second-order valence-corrected chi connectivity index (χ2v) is 4.67. The Labute approximate surface area is 104 Å². The van der Waals surface area contributed by atoms with Crippen molar-refractivity contribution in [3.8, 4) is 0 Å². The van der Waals surface area contributed by atoms with Crippen molar-refractivity contribution in [3.63, 3.8) is 0 Å². The number of nitrogens with one attached hydrogen (secondary N) is 1. The maximum Gasteiger partial charge on any atom is 0.313 e. The van der Waals surface area contributed by atoms with E-state index in [1.54, 1.807) is 0 Å². The van der Waals surface area contributed by atoms with Crippen LogP contribution in [0.1, 0.15) is 11.1 Å². The average molecular weight is 253 g/mol. The molecule has 0 aliphatic carbocycles. The van der Waals surface area contributed by atoms with E-state index in [0.29, 0.717) is 0 Å². The number of hydrogen-bond acceptors (Lipinski definition) is 3. The lowest BCUT2D eigenvalue weighted by Crippen LogP contribution is -2.16. The molecule has 92 valence electrons. The molecule has 1 aromatic carbocycles. The van der Waals surface area contributed by atoms with E-state index in [1.807, 2.05) is 32.0 Å². The predicted octanol–water partition coefficient (Wildman–Crippen LogP) is 2.06. The Kier molecular flexibility index (Phi) is 5.03. The molecule has 4 nitrogen and oxygen atoms in total. The van der Waals surface area contributed by atoms with Crippen LogP contribution < -0.4 is 5.32 Å². The highest BCUT2D eigenvalue weighted by Crippen LogP contribution is 2.18. The second-order valence-electron chi connectivity index (χ2n) is 3.68. The summed E-state index contributed by atoms with van der Waals surface area (Å²) in [7, 11) is 0. The molecule has 1 aromatic rings. The van der Waals surface area contributed by atoms with E-state index in [4.69, 9.17) is 5.11 Å². The number of aryl methyl sites for hydroxylation is 1. The molecular formula is C12H15NO3S. The molecule has 0 unspecified atom stereocenters. The predicted molar refractivity (Wildman–Crippen MR) is 69.5 cm³/mol. The zero-order chi connectivity index (χ0) is 12.8. The van der Waals surface area contributed by atoms with E-state index in [-0.39, 0.29) is 17.4 Å². The fourth-order valence-corrected chi connectivity index (χ4v) is 1.84. The lowest BCUT2D eigenvalue weighted by molar-refractivity contribution is -0.133. The molecule has 0 aliphatic heterocycles. The van der Waals surface area contributed by atoms with E-state index in [0.717, 1.165) is 28.6 Å². The van der Waals surface area contributed by atoms with Gasteiger partial charge in [0.2, 0.25) is 5.91 Å². The fraction of sp³-hybridized carbons (Fsp3) is 0.333. The third-order valence-electron chi connectivity index (χ3n) is 2.34. The summed E-state index contributed by atoms with van der Waals surface area (Å²) in [5, 5.41) is 11.2. The van der Waals surface area contributed by atoms with Crippen LogP contribution in [0.15, 0.2) is 18.2 Å². The molecule has 0 atom stereocenters. The number of carbonyl (C=O) groups excluding carboxylic acids is 1. The first kappa shape index (κ1) is 13.6. The number of anilines is 1. The lowest BCUT2D eigenvalue weighted by Gasteiger charge is -2.09. The van der Waals surface area contributed by atoms with Gasteiger partial charge in [0, 0.05) is 5.69 Å². The molecule has 1 rings (SSSR count). The van der Waals surface area contributed by atoms with Gasteiger partial charge in [0.25, 0.3) is 0 Å². The second kappa shape index (κ2) is 6.30. The van der Waals surface area contributed by atoms with Crippen LogP contribution >= 0.6 is 11.8 Å². The Hall–Kier alpha value is -1.49. The first-order valence-electron chi connectivity index (χ1n) is 5.16. The number of carboxylic acid groups (broad SMARTS) is 1. The summed E-state index contributed by atoms with van der Waals surface area (Å²) in [4.78, 5) is 21.8. The van der Waals surface area contributed by atoms with Crippen molar-refractivity contribution >= 4 is 29.3 Å². The number of thioether (sulfide) groups is 1. The minimum absolute atomic E-state index is 0.0553. The first-order chi connectivity index (χ1) is 8.00. The summed E-state index contributed by atoms with van der Waals surface area (Å²) in [6, 6.07) is 5.69. The van der Waals surface area contributed by atoms with Crippen molar-refractivity contribution in [2.24, 2.45) is 0 Å². The van der Waals surface area contributed by atoms with Crippen molar-refractivity contribution in [1.29, 1.82) is 0 Å². The van der Waals surface area contributed by atoms with Crippen LogP contribution in [-0.2, 0) is 9.59 Å². The number of rotatable bonds is 5. The van der Waals surface area contributed by atoms with Crippen molar-refractivity contribution in [2.75, 3.05) is 16.8 Å². The molecule has 0 aromatic heterocycles. The number of hydrogen-bond donors (Lipinski definition) is 2. The zero-order valence-electron chi connectivity index (χ0n) is 9.82. The van der Waals surface area contributed by atoms with Gasteiger partial charge in [-0.3, -0.25) is 9.59 Å². The van der Waals surface area contributed by atoms with Gasteiger partial charge >= 0.3 is 5.97 Å². The monoisotopic (exact) mass is 253 g/mol. The largest absolute Gasteiger partial charge is 0.481 e. The smallest absolute Gasteiger partial charge is 0.313 e. The highest BCUT2D eigenvalue weighted by molar-refractivity contribution is 8.00. The van der Waals surface area contributed by atoms with Gasteiger partial charge in [-0.25, -0.2) is 0 Å². The van der Waals surface area contributed by atoms with Crippen molar-refractivity contribution in [3.05, 3.63) is 29.3 Å². The van der Waals surface area contributed by atoms with Crippen LogP contribution in [-0.4, -0.2) is 28.5 Å². The molecule has 17 heavy (non-hydrogen) atoms. The van der Waals surface area contributed by atoms with Crippen LogP contribution in [0.5, 0.6) is 0 Å². The highest BCUT2D eigenvalue weighted by Gasteiger charge is 2.07. The van der Waals surface area contributed by atoms with Crippen LogP contribution in [0.4, 0.5) is 5.69 Å². The van der Waals surface area contributed by atoms with Crippen LogP contribution in [0.2, 0.25) is 0 Å². The van der Waals surface area contributed by atoms with Gasteiger partial charge in [0.15, 0.2) is 0 Å². The molecule has 5 heteroatoms. The molecule has 0 heterocycles.